The summed E-state index contributed by atoms with van der Waals surface area (Å²) in [5.41, 5.74) is 1.40. The molecule has 36 heavy (non-hydrogen) atoms. The molecule has 1 aliphatic rings. The van der Waals surface area contributed by atoms with Crippen LogP contribution in [0.2, 0.25) is 5.02 Å². The minimum Gasteiger partial charge on any atom is -0.450 e. The number of hydrogen-bond donors (Lipinski definition) is 0. The van der Waals surface area contributed by atoms with E-state index in [1.165, 1.54) is 32.6 Å². The monoisotopic (exact) mass is 527 g/mol. The lowest BCUT2D eigenvalue weighted by atomic mass is 10.1. The number of benzene rings is 2. The van der Waals surface area contributed by atoms with Gasteiger partial charge in [-0.25, -0.2) is 14.0 Å². The summed E-state index contributed by atoms with van der Waals surface area (Å²) in [5.74, 6) is -0.471. The Balaban J connectivity index is 1.69. The number of ether oxygens (including phenoxy) is 1. The first kappa shape index (κ1) is 24.3. The zero-order valence-electron chi connectivity index (χ0n) is 19.5. The Morgan fingerprint density at radius 1 is 1.11 bits per heavy atom. The summed E-state index contributed by atoms with van der Waals surface area (Å²) in [6, 6.07) is 13.3. The molecule has 0 bridgehead atoms. The van der Waals surface area contributed by atoms with Crippen LogP contribution in [0.5, 0.6) is 0 Å². The number of thiophene rings is 1. The van der Waals surface area contributed by atoms with Gasteiger partial charge in [0.2, 0.25) is 0 Å². The second-order valence-corrected chi connectivity index (χ2v) is 10.0. The van der Waals surface area contributed by atoms with Crippen LogP contribution in [0.25, 0.3) is 10.2 Å². The third kappa shape index (κ3) is 4.44. The van der Waals surface area contributed by atoms with Crippen LogP contribution >= 0.6 is 22.9 Å². The molecular weight excluding hydrogens is 505 g/mol. The van der Waals surface area contributed by atoms with E-state index in [-0.39, 0.29) is 30.3 Å². The summed E-state index contributed by atoms with van der Waals surface area (Å²) in [5, 5.41) is 0.679. The molecule has 0 aliphatic carbocycles. The normalized spacial score (nSPS) is 13.1. The smallest absolute Gasteiger partial charge is 0.410 e. The molecule has 0 fully saturated rings. The van der Waals surface area contributed by atoms with E-state index in [0.717, 1.165) is 16.0 Å². The number of fused-ring (bicyclic) bond motifs is 3. The van der Waals surface area contributed by atoms with Gasteiger partial charge in [-0.1, -0.05) is 48.0 Å². The van der Waals surface area contributed by atoms with Crippen LogP contribution in [-0.4, -0.2) is 33.3 Å². The predicted octanol–water partition coefficient (Wildman–Crippen LogP) is 4.63. The summed E-state index contributed by atoms with van der Waals surface area (Å²) < 4.78 is 21.6. The molecule has 3 heterocycles. The standard InChI is InChI=1S/C26H23ClFN3O4S/c1-2-35-26(34)29-11-10-19-21(15-29)36-24-22(19)23(32)30(13-16-6-4-3-5-7-16)25(33)31(24)14-17-8-9-18(28)12-20(17)27/h3-9,12H,2,10-11,13-15H2,1H3. The summed E-state index contributed by atoms with van der Waals surface area (Å²) in [4.78, 5) is 42.7. The van der Waals surface area contributed by atoms with Gasteiger partial charge in [-0.05, 0) is 42.2 Å². The van der Waals surface area contributed by atoms with Crippen molar-refractivity contribution in [3.05, 3.63) is 102 Å². The van der Waals surface area contributed by atoms with Gasteiger partial charge in [0, 0.05) is 16.4 Å². The Morgan fingerprint density at radius 3 is 2.61 bits per heavy atom. The summed E-state index contributed by atoms with van der Waals surface area (Å²) in [6.45, 7) is 2.93. The van der Waals surface area contributed by atoms with Crippen molar-refractivity contribution >= 4 is 39.2 Å². The number of hydrogen-bond acceptors (Lipinski definition) is 5. The fraction of sp³-hybridized carbons (Fsp3) is 0.269. The average Bonchev–Trinajstić information content (AvgIpc) is 3.25. The topological polar surface area (TPSA) is 73.5 Å². The molecule has 0 saturated heterocycles. The first-order valence-electron chi connectivity index (χ1n) is 11.5. The van der Waals surface area contributed by atoms with Crippen LogP contribution in [0.3, 0.4) is 0 Å². The molecule has 0 N–H and O–H groups in total. The minimum absolute atomic E-state index is 0.0739. The highest BCUT2D eigenvalue weighted by molar-refractivity contribution is 7.18. The molecule has 186 valence electrons. The SMILES string of the molecule is CCOC(=O)N1CCc2c(sc3c2c(=O)n(Cc2ccccc2)c(=O)n3Cc2ccc(F)cc2Cl)C1. The minimum atomic E-state index is -0.474. The van der Waals surface area contributed by atoms with Crippen molar-refractivity contribution < 1.29 is 13.9 Å². The average molecular weight is 528 g/mol. The van der Waals surface area contributed by atoms with Gasteiger partial charge in [-0.3, -0.25) is 13.9 Å². The molecule has 0 spiro atoms. The zero-order valence-corrected chi connectivity index (χ0v) is 21.1. The molecular formula is C26H23ClFN3O4S. The van der Waals surface area contributed by atoms with Crippen molar-refractivity contribution in [2.24, 2.45) is 0 Å². The maximum atomic E-state index is 13.7. The molecule has 0 unspecified atom stereocenters. The largest absolute Gasteiger partial charge is 0.450 e. The lowest BCUT2D eigenvalue weighted by molar-refractivity contribution is 0.103. The molecule has 0 saturated carbocycles. The van der Waals surface area contributed by atoms with Crippen LogP contribution < -0.4 is 11.2 Å². The highest BCUT2D eigenvalue weighted by atomic mass is 35.5. The molecule has 1 aliphatic heterocycles. The van der Waals surface area contributed by atoms with E-state index in [1.807, 2.05) is 30.3 Å². The number of aromatic nitrogens is 2. The fourth-order valence-electron chi connectivity index (χ4n) is 4.49. The van der Waals surface area contributed by atoms with E-state index in [2.05, 4.69) is 0 Å². The molecule has 10 heteroatoms. The third-order valence-electron chi connectivity index (χ3n) is 6.26. The van der Waals surface area contributed by atoms with Gasteiger partial charge in [0.15, 0.2) is 0 Å². The van der Waals surface area contributed by atoms with Crippen LogP contribution in [0.15, 0.2) is 58.1 Å². The van der Waals surface area contributed by atoms with Crippen molar-refractivity contribution in [3.8, 4) is 0 Å². The molecule has 0 atom stereocenters. The van der Waals surface area contributed by atoms with Crippen molar-refractivity contribution in [2.75, 3.05) is 13.2 Å². The number of nitrogens with zero attached hydrogens (tertiary/aromatic N) is 3. The fourth-order valence-corrected chi connectivity index (χ4v) is 6.06. The maximum absolute atomic E-state index is 13.7. The Labute approximate surface area is 214 Å². The van der Waals surface area contributed by atoms with Crippen LogP contribution in [0.1, 0.15) is 28.5 Å². The van der Waals surface area contributed by atoms with Crippen LogP contribution in [0.4, 0.5) is 9.18 Å². The first-order chi connectivity index (χ1) is 17.4. The summed E-state index contributed by atoms with van der Waals surface area (Å²) >= 11 is 7.61. The third-order valence-corrected chi connectivity index (χ3v) is 7.85. The Hall–Kier alpha value is -3.43. The second kappa shape index (κ2) is 9.91. The van der Waals surface area contributed by atoms with Gasteiger partial charge in [-0.15, -0.1) is 11.3 Å². The molecule has 2 aromatic carbocycles. The Kier molecular flexibility index (Phi) is 6.68. The molecule has 7 nitrogen and oxygen atoms in total. The van der Waals surface area contributed by atoms with E-state index in [4.69, 9.17) is 16.3 Å². The number of carbonyl (C=O) groups is 1. The maximum Gasteiger partial charge on any atom is 0.410 e. The molecule has 5 rings (SSSR count). The quantitative estimate of drug-likeness (QED) is 0.379. The van der Waals surface area contributed by atoms with E-state index in [1.54, 1.807) is 17.9 Å². The van der Waals surface area contributed by atoms with Gasteiger partial charge in [0.25, 0.3) is 5.56 Å². The number of halogens is 2. The van der Waals surface area contributed by atoms with E-state index >= 15 is 0 Å². The van der Waals surface area contributed by atoms with Gasteiger partial charge in [0.05, 0.1) is 31.6 Å². The Morgan fingerprint density at radius 2 is 1.89 bits per heavy atom. The van der Waals surface area contributed by atoms with E-state index in [9.17, 15) is 18.8 Å². The van der Waals surface area contributed by atoms with Crippen molar-refractivity contribution in [2.45, 2.75) is 33.0 Å². The molecule has 0 radical (unpaired) electrons. The molecule has 2 aromatic heterocycles. The van der Waals surface area contributed by atoms with Gasteiger partial charge in [-0.2, -0.15) is 0 Å². The number of amides is 1. The lowest BCUT2D eigenvalue weighted by Gasteiger charge is -2.25. The van der Waals surface area contributed by atoms with Gasteiger partial charge >= 0.3 is 11.8 Å². The van der Waals surface area contributed by atoms with Crippen LogP contribution in [-0.2, 0) is 30.8 Å². The second-order valence-electron chi connectivity index (χ2n) is 8.54. The molecule has 1 amide bonds. The van der Waals surface area contributed by atoms with E-state index in [0.29, 0.717) is 35.3 Å². The first-order valence-corrected chi connectivity index (χ1v) is 12.7. The number of rotatable bonds is 5. The highest BCUT2D eigenvalue weighted by Crippen LogP contribution is 2.34. The Bertz CT molecular complexity index is 1580. The van der Waals surface area contributed by atoms with Gasteiger partial charge < -0.3 is 9.64 Å². The van der Waals surface area contributed by atoms with Crippen molar-refractivity contribution in [1.82, 2.24) is 14.0 Å². The van der Waals surface area contributed by atoms with Crippen LogP contribution in [0, 0.1) is 5.82 Å². The predicted molar refractivity (Wildman–Crippen MR) is 138 cm³/mol. The zero-order chi connectivity index (χ0) is 25.4. The summed E-state index contributed by atoms with van der Waals surface area (Å²) in [7, 11) is 0. The number of carbonyl (C=O) groups excluding carboxylic acids is 1. The van der Waals surface area contributed by atoms with Crippen molar-refractivity contribution in [1.29, 1.82) is 0 Å². The van der Waals surface area contributed by atoms with Crippen molar-refractivity contribution in [3.63, 3.8) is 0 Å². The van der Waals surface area contributed by atoms with E-state index < -0.39 is 17.6 Å². The van der Waals surface area contributed by atoms with Gasteiger partial charge in [0.1, 0.15) is 10.6 Å². The highest BCUT2D eigenvalue weighted by Gasteiger charge is 2.29. The summed E-state index contributed by atoms with van der Waals surface area (Å²) in [6.07, 6.45) is 0.0714. The lowest BCUT2D eigenvalue weighted by Crippen LogP contribution is -2.40. The molecule has 4 aromatic rings.